The average molecular weight is 266 g/mol. The minimum atomic E-state index is 0.603. The molecule has 0 aromatic heterocycles. The number of fused-ring (bicyclic) bond motifs is 1. The molecule has 1 aliphatic heterocycles. The molecule has 0 aliphatic carbocycles. The molecule has 1 aliphatic rings. The number of para-hydroxylation sites is 1. The van der Waals surface area contributed by atoms with Crippen LogP contribution in [0.25, 0.3) is 0 Å². The molecule has 2 heteroatoms. The first-order chi connectivity index (χ1) is 9.74. The molecular formula is C18H22N2. The van der Waals surface area contributed by atoms with Crippen molar-refractivity contribution in [3.8, 4) is 0 Å². The topological polar surface area (TPSA) is 15.3 Å². The Hall–Kier alpha value is -1.96. The quantitative estimate of drug-likeness (QED) is 0.904. The first-order valence-electron chi connectivity index (χ1n) is 7.39. The van der Waals surface area contributed by atoms with Crippen LogP contribution >= 0.6 is 0 Å². The van der Waals surface area contributed by atoms with Gasteiger partial charge in [0.2, 0.25) is 0 Å². The zero-order chi connectivity index (χ0) is 13.9. The van der Waals surface area contributed by atoms with E-state index < -0.39 is 0 Å². The summed E-state index contributed by atoms with van der Waals surface area (Å²) in [7, 11) is 0. The smallest absolute Gasteiger partial charge is 0.0402 e. The third-order valence-electron chi connectivity index (χ3n) is 4.05. The van der Waals surface area contributed by atoms with Crippen LogP contribution in [-0.2, 0) is 6.42 Å². The SMILES string of the molecule is Cc1cccc(NCCN2c3ccccc3CC2C)c1. The highest BCUT2D eigenvalue weighted by Crippen LogP contribution is 2.31. The molecule has 1 heterocycles. The Kier molecular flexibility index (Phi) is 3.64. The highest BCUT2D eigenvalue weighted by atomic mass is 15.2. The van der Waals surface area contributed by atoms with Crippen LogP contribution in [0.1, 0.15) is 18.1 Å². The predicted molar refractivity (Wildman–Crippen MR) is 86.6 cm³/mol. The largest absolute Gasteiger partial charge is 0.383 e. The van der Waals surface area contributed by atoms with Crippen LogP contribution in [0.4, 0.5) is 11.4 Å². The summed E-state index contributed by atoms with van der Waals surface area (Å²) in [6, 6.07) is 17.9. The van der Waals surface area contributed by atoms with E-state index in [4.69, 9.17) is 0 Å². The van der Waals surface area contributed by atoms with Gasteiger partial charge in [-0.25, -0.2) is 0 Å². The summed E-state index contributed by atoms with van der Waals surface area (Å²) in [5, 5.41) is 3.52. The third-order valence-corrected chi connectivity index (χ3v) is 4.05. The van der Waals surface area contributed by atoms with Gasteiger partial charge in [0.15, 0.2) is 0 Å². The van der Waals surface area contributed by atoms with Crippen LogP contribution in [-0.4, -0.2) is 19.1 Å². The number of hydrogen-bond donors (Lipinski definition) is 1. The lowest BCUT2D eigenvalue weighted by Crippen LogP contribution is -2.33. The van der Waals surface area contributed by atoms with Crippen LogP contribution in [0.3, 0.4) is 0 Å². The Bertz CT molecular complexity index is 591. The van der Waals surface area contributed by atoms with Crippen molar-refractivity contribution in [2.24, 2.45) is 0 Å². The summed E-state index contributed by atoms with van der Waals surface area (Å²) in [4.78, 5) is 2.51. The summed E-state index contributed by atoms with van der Waals surface area (Å²) >= 11 is 0. The van der Waals surface area contributed by atoms with Gasteiger partial charge < -0.3 is 10.2 Å². The lowest BCUT2D eigenvalue weighted by Gasteiger charge is -2.25. The molecule has 0 saturated carbocycles. The molecule has 2 aromatic carbocycles. The standard InChI is InChI=1S/C18H22N2/c1-14-6-5-8-17(12-14)19-10-11-20-15(2)13-16-7-3-4-9-18(16)20/h3-9,12,15,19H,10-11,13H2,1-2H3. The van der Waals surface area contributed by atoms with Crippen LogP contribution < -0.4 is 10.2 Å². The lowest BCUT2D eigenvalue weighted by atomic mass is 10.1. The molecular weight excluding hydrogens is 244 g/mol. The number of nitrogens with one attached hydrogen (secondary N) is 1. The van der Waals surface area contributed by atoms with Gasteiger partial charge in [0.05, 0.1) is 0 Å². The second-order valence-electron chi connectivity index (χ2n) is 5.67. The van der Waals surface area contributed by atoms with E-state index in [2.05, 4.69) is 72.6 Å². The van der Waals surface area contributed by atoms with E-state index in [9.17, 15) is 0 Å². The van der Waals surface area contributed by atoms with Gasteiger partial charge in [0, 0.05) is 30.5 Å². The molecule has 3 rings (SSSR count). The fourth-order valence-corrected chi connectivity index (χ4v) is 3.05. The first-order valence-corrected chi connectivity index (χ1v) is 7.39. The van der Waals surface area contributed by atoms with Crippen LogP contribution in [0.2, 0.25) is 0 Å². The average Bonchev–Trinajstić information content (AvgIpc) is 2.75. The summed E-state index contributed by atoms with van der Waals surface area (Å²) in [6.45, 7) is 6.46. The van der Waals surface area contributed by atoms with E-state index in [1.807, 2.05) is 0 Å². The predicted octanol–water partition coefficient (Wildman–Crippen LogP) is 3.86. The summed E-state index contributed by atoms with van der Waals surface area (Å²) in [6.07, 6.45) is 1.17. The highest BCUT2D eigenvalue weighted by molar-refractivity contribution is 5.59. The molecule has 0 spiro atoms. The Balaban J connectivity index is 1.62. The number of benzene rings is 2. The maximum absolute atomic E-state index is 3.52. The van der Waals surface area contributed by atoms with Crippen LogP contribution in [0.5, 0.6) is 0 Å². The Labute approximate surface area is 121 Å². The molecule has 1 unspecified atom stereocenters. The minimum Gasteiger partial charge on any atom is -0.383 e. The minimum absolute atomic E-state index is 0.603. The molecule has 1 N–H and O–H groups in total. The number of nitrogens with zero attached hydrogens (tertiary/aromatic N) is 1. The fourth-order valence-electron chi connectivity index (χ4n) is 3.05. The van der Waals surface area contributed by atoms with E-state index >= 15 is 0 Å². The molecule has 0 radical (unpaired) electrons. The van der Waals surface area contributed by atoms with Crippen molar-refractivity contribution in [3.63, 3.8) is 0 Å². The van der Waals surface area contributed by atoms with Gasteiger partial charge in [-0.05, 0) is 49.6 Å². The van der Waals surface area contributed by atoms with E-state index in [1.54, 1.807) is 0 Å². The van der Waals surface area contributed by atoms with Gasteiger partial charge in [0.1, 0.15) is 0 Å². The maximum atomic E-state index is 3.52. The zero-order valence-electron chi connectivity index (χ0n) is 12.3. The summed E-state index contributed by atoms with van der Waals surface area (Å²) in [5.41, 5.74) is 5.40. The van der Waals surface area contributed by atoms with E-state index in [0.717, 1.165) is 13.1 Å². The molecule has 2 aromatic rings. The maximum Gasteiger partial charge on any atom is 0.0402 e. The number of anilines is 2. The van der Waals surface area contributed by atoms with Crippen molar-refractivity contribution in [2.45, 2.75) is 26.3 Å². The molecule has 20 heavy (non-hydrogen) atoms. The van der Waals surface area contributed by atoms with Crippen molar-refractivity contribution in [1.29, 1.82) is 0 Å². The van der Waals surface area contributed by atoms with Crippen molar-refractivity contribution >= 4 is 11.4 Å². The highest BCUT2D eigenvalue weighted by Gasteiger charge is 2.24. The monoisotopic (exact) mass is 266 g/mol. The summed E-state index contributed by atoms with van der Waals surface area (Å²) in [5.74, 6) is 0. The Morgan fingerprint density at radius 1 is 1.15 bits per heavy atom. The fraction of sp³-hybridized carbons (Fsp3) is 0.333. The van der Waals surface area contributed by atoms with Gasteiger partial charge in [-0.3, -0.25) is 0 Å². The number of hydrogen-bond acceptors (Lipinski definition) is 2. The zero-order valence-corrected chi connectivity index (χ0v) is 12.3. The molecule has 0 bridgehead atoms. The van der Waals surface area contributed by atoms with Gasteiger partial charge in [-0.2, -0.15) is 0 Å². The number of rotatable bonds is 4. The molecule has 0 saturated heterocycles. The van der Waals surface area contributed by atoms with Crippen LogP contribution in [0.15, 0.2) is 48.5 Å². The van der Waals surface area contributed by atoms with Gasteiger partial charge in [0.25, 0.3) is 0 Å². The number of aryl methyl sites for hydroxylation is 1. The Morgan fingerprint density at radius 2 is 2.00 bits per heavy atom. The molecule has 104 valence electrons. The lowest BCUT2D eigenvalue weighted by molar-refractivity contribution is 0.681. The van der Waals surface area contributed by atoms with Crippen molar-refractivity contribution < 1.29 is 0 Å². The van der Waals surface area contributed by atoms with Crippen molar-refractivity contribution in [2.75, 3.05) is 23.3 Å². The second-order valence-corrected chi connectivity index (χ2v) is 5.67. The van der Waals surface area contributed by atoms with Crippen LogP contribution in [0, 0.1) is 6.92 Å². The van der Waals surface area contributed by atoms with E-state index in [1.165, 1.54) is 28.9 Å². The first kappa shape index (κ1) is 13.0. The summed E-state index contributed by atoms with van der Waals surface area (Å²) < 4.78 is 0. The van der Waals surface area contributed by atoms with E-state index in [0.29, 0.717) is 6.04 Å². The van der Waals surface area contributed by atoms with E-state index in [-0.39, 0.29) is 0 Å². The van der Waals surface area contributed by atoms with Gasteiger partial charge in [-0.15, -0.1) is 0 Å². The molecule has 0 fully saturated rings. The third kappa shape index (κ3) is 2.64. The van der Waals surface area contributed by atoms with Crippen molar-refractivity contribution in [3.05, 3.63) is 59.7 Å². The molecule has 1 atom stereocenters. The normalized spacial score (nSPS) is 17.1. The van der Waals surface area contributed by atoms with Crippen molar-refractivity contribution in [1.82, 2.24) is 0 Å². The molecule has 0 amide bonds. The molecule has 2 nitrogen and oxygen atoms in total. The second kappa shape index (κ2) is 5.58. The van der Waals surface area contributed by atoms with Gasteiger partial charge in [-0.1, -0.05) is 30.3 Å². The van der Waals surface area contributed by atoms with Gasteiger partial charge >= 0.3 is 0 Å². The Morgan fingerprint density at radius 3 is 2.85 bits per heavy atom.